The summed E-state index contributed by atoms with van der Waals surface area (Å²) in [5.74, 6) is -1.29. The van der Waals surface area contributed by atoms with Gasteiger partial charge < -0.3 is 10.1 Å². The van der Waals surface area contributed by atoms with Crippen LogP contribution in [-0.4, -0.2) is 44.8 Å². The Bertz CT molecular complexity index is 829. The number of aromatic nitrogens is 3. The van der Waals surface area contributed by atoms with Crippen LogP contribution >= 0.6 is 0 Å². The lowest BCUT2D eigenvalue weighted by Crippen LogP contribution is -2.48. The smallest absolute Gasteiger partial charge is 0.338 e. The fourth-order valence-electron chi connectivity index (χ4n) is 3.21. The van der Waals surface area contributed by atoms with Crippen LogP contribution in [0.2, 0.25) is 0 Å². The second-order valence-electron chi connectivity index (χ2n) is 7.14. The Morgan fingerprint density at radius 1 is 1.17 bits per heavy atom. The molecule has 9 heteroatoms. The minimum Gasteiger partial charge on any atom is -0.449 e. The molecule has 0 saturated heterocycles. The summed E-state index contributed by atoms with van der Waals surface area (Å²) in [5.41, 5.74) is 1.26. The van der Waals surface area contributed by atoms with Crippen molar-refractivity contribution in [2.75, 3.05) is 0 Å². The van der Waals surface area contributed by atoms with Gasteiger partial charge in [-0.1, -0.05) is 31.4 Å². The van der Waals surface area contributed by atoms with E-state index in [-0.39, 0.29) is 6.04 Å². The van der Waals surface area contributed by atoms with Gasteiger partial charge in [0.15, 0.2) is 6.10 Å². The molecule has 3 rings (SSSR count). The summed E-state index contributed by atoms with van der Waals surface area (Å²) >= 11 is 0. The Balaban J connectivity index is 1.46. The summed E-state index contributed by atoms with van der Waals surface area (Å²) in [6, 6.07) is 6.33. The molecule has 2 aromatic rings. The molecular formula is C20H25N5O4. The number of rotatable bonds is 6. The van der Waals surface area contributed by atoms with Gasteiger partial charge in [0.25, 0.3) is 5.91 Å². The molecule has 1 aliphatic carbocycles. The number of nitrogens with zero attached hydrogens (tertiary/aromatic N) is 3. The van der Waals surface area contributed by atoms with Gasteiger partial charge in [-0.2, -0.15) is 5.10 Å². The van der Waals surface area contributed by atoms with Gasteiger partial charge in [0.05, 0.1) is 12.1 Å². The third kappa shape index (κ3) is 6.13. The van der Waals surface area contributed by atoms with Gasteiger partial charge in [0, 0.05) is 6.04 Å². The van der Waals surface area contributed by atoms with E-state index in [9.17, 15) is 14.4 Å². The van der Waals surface area contributed by atoms with Crippen molar-refractivity contribution in [3.8, 4) is 0 Å². The van der Waals surface area contributed by atoms with Crippen molar-refractivity contribution in [3.63, 3.8) is 0 Å². The lowest BCUT2D eigenvalue weighted by molar-refractivity contribution is -0.127. The molecule has 0 bridgehead atoms. The number of benzene rings is 1. The highest BCUT2D eigenvalue weighted by Crippen LogP contribution is 2.17. The molecule has 29 heavy (non-hydrogen) atoms. The maximum Gasteiger partial charge on any atom is 0.338 e. The fraction of sp³-hybridized carbons (Fsp3) is 0.450. The molecule has 1 fully saturated rings. The Morgan fingerprint density at radius 2 is 1.90 bits per heavy atom. The van der Waals surface area contributed by atoms with Crippen molar-refractivity contribution in [2.24, 2.45) is 0 Å². The molecule has 3 amide bonds. The van der Waals surface area contributed by atoms with Crippen LogP contribution in [0, 0.1) is 0 Å². The first-order valence-electron chi connectivity index (χ1n) is 9.75. The van der Waals surface area contributed by atoms with E-state index in [1.807, 2.05) is 0 Å². The zero-order valence-electron chi connectivity index (χ0n) is 16.3. The van der Waals surface area contributed by atoms with Gasteiger partial charge in [0.1, 0.15) is 12.7 Å². The monoisotopic (exact) mass is 399 g/mol. The molecule has 0 aliphatic heterocycles. The topological polar surface area (TPSA) is 115 Å². The number of carbonyl (C=O) groups is 3. The van der Waals surface area contributed by atoms with Gasteiger partial charge in [-0.25, -0.2) is 19.3 Å². The molecule has 1 unspecified atom stereocenters. The number of nitrogens with one attached hydrogen (secondary N) is 2. The molecule has 1 heterocycles. The first-order valence-corrected chi connectivity index (χ1v) is 9.75. The van der Waals surface area contributed by atoms with Crippen LogP contribution in [0.4, 0.5) is 4.79 Å². The molecule has 154 valence electrons. The van der Waals surface area contributed by atoms with Crippen molar-refractivity contribution in [3.05, 3.63) is 48.0 Å². The van der Waals surface area contributed by atoms with Crippen molar-refractivity contribution in [2.45, 2.75) is 57.7 Å². The second-order valence-corrected chi connectivity index (χ2v) is 7.14. The normalized spacial score (nSPS) is 15.3. The maximum atomic E-state index is 12.3. The Morgan fingerprint density at radius 3 is 2.55 bits per heavy atom. The molecule has 1 aromatic heterocycles. The van der Waals surface area contributed by atoms with E-state index < -0.39 is 24.0 Å². The van der Waals surface area contributed by atoms with Crippen LogP contribution in [0.25, 0.3) is 0 Å². The fourth-order valence-corrected chi connectivity index (χ4v) is 3.21. The first-order chi connectivity index (χ1) is 14.0. The van der Waals surface area contributed by atoms with Crippen LogP contribution in [0.5, 0.6) is 0 Å². The zero-order valence-corrected chi connectivity index (χ0v) is 16.3. The summed E-state index contributed by atoms with van der Waals surface area (Å²) in [6.07, 6.45) is 7.12. The summed E-state index contributed by atoms with van der Waals surface area (Å²) in [6.45, 7) is 1.96. The molecular weight excluding hydrogens is 374 g/mol. The quantitative estimate of drug-likeness (QED) is 0.718. The minimum absolute atomic E-state index is 0.0884. The highest BCUT2D eigenvalue weighted by atomic mass is 16.5. The van der Waals surface area contributed by atoms with Crippen LogP contribution in [0.15, 0.2) is 36.9 Å². The molecule has 1 atom stereocenters. The third-order valence-corrected chi connectivity index (χ3v) is 4.83. The number of imide groups is 1. The minimum atomic E-state index is -1.09. The first kappa shape index (κ1) is 20.5. The summed E-state index contributed by atoms with van der Waals surface area (Å²) in [4.78, 5) is 40.2. The number of hydrogen-bond acceptors (Lipinski definition) is 6. The predicted molar refractivity (Wildman–Crippen MR) is 104 cm³/mol. The molecule has 0 radical (unpaired) electrons. The standard InChI is InChI=1S/C20H25N5O4/c1-14(18(26)24-20(28)23-17-5-3-2-4-6-17)29-19(27)16-9-7-15(8-10-16)11-25-13-21-12-22-25/h7-10,12-14,17H,2-6,11H2,1H3,(H2,23,24,26,28). The van der Waals surface area contributed by atoms with E-state index in [1.165, 1.54) is 19.7 Å². The Kier molecular flexibility index (Phi) is 6.94. The Hall–Kier alpha value is -3.23. The van der Waals surface area contributed by atoms with Gasteiger partial charge in [-0.3, -0.25) is 10.1 Å². The number of amides is 3. The van der Waals surface area contributed by atoms with Crippen molar-refractivity contribution in [1.29, 1.82) is 0 Å². The van der Waals surface area contributed by atoms with Crippen molar-refractivity contribution in [1.82, 2.24) is 25.4 Å². The average Bonchev–Trinajstić information content (AvgIpc) is 3.22. The number of carbonyl (C=O) groups excluding carboxylic acids is 3. The number of ether oxygens (including phenoxy) is 1. The maximum absolute atomic E-state index is 12.3. The van der Waals surface area contributed by atoms with Gasteiger partial charge in [-0.15, -0.1) is 0 Å². The second kappa shape index (κ2) is 9.81. The summed E-state index contributed by atoms with van der Waals surface area (Å²) in [5, 5.41) is 9.05. The number of hydrogen-bond donors (Lipinski definition) is 2. The lowest BCUT2D eigenvalue weighted by atomic mass is 9.96. The van der Waals surface area contributed by atoms with Gasteiger partial charge in [0.2, 0.25) is 0 Å². The van der Waals surface area contributed by atoms with Crippen LogP contribution in [0.3, 0.4) is 0 Å². The summed E-state index contributed by atoms with van der Waals surface area (Å²) in [7, 11) is 0. The number of urea groups is 1. The highest BCUT2D eigenvalue weighted by molar-refractivity contribution is 5.98. The summed E-state index contributed by atoms with van der Waals surface area (Å²) < 4.78 is 6.84. The van der Waals surface area contributed by atoms with Crippen molar-refractivity contribution >= 4 is 17.9 Å². The average molecular weight is 399 g/mol. The largest absolute Gasteiger partial charge is 0.449 e. The van der Waals surface area contributed by atoms with Gasteiger partial charge >= 0.3 is 12.0 Å². The van der Waals surface area contributed by atoms with E-state index in [1.54, 1.807) is 35.3 Å². The zero-order chi connectivity index (χ0) is 20.6. The number of esters is 1. The van der Waals surface area contributed by atoms with Gasteiger partial charge in [-0.05, 0) is 37.5 Å². The van der Waals surface area contributed by atoms with E-state index >= 15 is 0 Å². The lowest BCUT2D eigenvalue weighted by Gasteiger charge is -2.23. The van der Waals surface area contributed by atoms with Crippen molar-refractivity contribution < 1.29 is 19.1 Å². The van der Waals surface area contributed by atoms with Crippen LogP contribution in [-0.2, 0) is 16.1 Å². The predicted octanol–water partition coefficient (Wildman–Crippen LogP) is 2.03. The van der Waals surface area contributed by atoms with Crippen LogP contribution in [0.1, 0.15) is 54.9 Å². The molecule has 9 nitrogen and oxygen atoms in total. The van der Waals surface area contributed by atoms with E-state index in [2.05, 4.69) is 20.7 Å². The van der Waals surface area contributed by atoms with Crippen LogP contribution < -0.4 is 10.6 Å². The Labute approximate surface area is 168 Å². The van der Waals surface area contributed by atoms with E-state index in [0.717, 1.165) is 31.2 Å². The highest BCUT2D eigenvalue weighted by Gasteiger charge is 2.22. The SMILES string of the molecule is CC(OC(=O)c1ccc(Cn2cncn2)cc1)C(=O)NC(=O)NC1CCCCC1. The molecule has 1 saturated carbocycles. The third-order valence-electron chi connectivity index (χ3n) is 4.83. The van der Waals surface area contributed by atoms with E-state index in [0.29, 0.717) is 12.1 Å². The molecule has 1 aliphatic rings. The molecule has 0 spiro atoms. The molecule has 2 N–H and O–H groups in total. The van der Waals surface area contributed by atoms with E-state index in [4.69, 9.17) is 4.74 Å². The molecule has 1 aromatic carbocycles.